The Hall–Kier alpha value is -3.04. The summed E-state index contributed by atoms with van der Waals surface area (Å²) in [6, 6.07) is -0.331. The molecule has 3 aliphatic rings. The van der Waals surface area contributed by atoms with Gasteiger partial charge in [0.1, 0.15) is 10.8 Å². The minimum Gasteiger partial charge on any atom is -0.427 e. The molecule has 0 N–H and O–H groups in total. The molecule has 2 saturated heterocycles. The summed E-state index contributed by atoms with van der Waals surface area (Å²) >= 11 is 0.938. The second-order valence-electron chi connectivity index (χ2n) is 9.89. The topological polar surface area (TPSA) is 165 Å². The van der Waals surface area contributed by atoms with E-state index in [4.69, 9.17) is 18.9 Å². The molecule has 3 aliphatic heterocycles. The van der Waals surface area contributed by atoms with E-state index < -0.39 is 34.9 Å². The van der Waals surface area contributed by atoms with Crippen LogP contribution in [0.2, 0.25) is 0 Å². The Labute approximate surface area is 216 Å². The van der Waals surface area contributed by atoms with Crippen molar-refractivity contribution in [3.05, 3.63) is 20.7 Å². The van der Waals surface area contributed by atoms with Crippen molar-refractivity contribution in [3.63, 3.8) is 0 Å². The fourth-order valence-corrected chi connectivity index (χ4v) is 5.40. The lowest BCUT2D eigenvalue weighted by atomic mass is 9.85. The Kier molecular flexibility index (Phi) is 7.85. The molecule has 0 radical (unpaired) electrons. The van der Waals surface area contributed by atoms with Crippen LogP contribution in [-0.4, -0.2) is 75.0 Å². The predicted octanol–water partition coefficient (Wildman–Crippen LogP) is 1.89. The molecule has 3 atom stereocenters. The van der Waals surface area contributed by atoms with Crippen molar-refractivity contribution in [2.45, 2.75) is 63.8 Å². The monoisotopic (exact) mass is 539 g/mol. The van der Waals surface area contributed by atoms with Crippen molar-refractivity contribution in [1.29, 1.82) is 0 Å². The van der Waals surface area contributed by atoms with E-state index >= 15 is 0 Å². The summed E-state index contributed by atoms with van der Waals surface area (Å²) in [5.74, 6) is -2.55. The van der Waals surface area contributed by atoms with E-state index in [1.165, 1.54) is 16.6 Å². The lowest BCUT2D eigenvalue weighted by molar-refractivity contribution is -0.392. The number of esters is 2. The van der Waals surface area contributed by atoms with E-state index in [-0.39, 0.29) is 41.3 Å². The van der Waals surface area contributed by atoms with Gasteiger partial charge in [-0.05, 0) is 38.5 Å². The number of fused-ring (bicyclic) bond motifs is 1. The number of hydrogen-bond donors (Lipinski definition) is 0. The minimum atomic E-state index is -0.869. The van der Waals surface area contributed by atoms with Crippen LogP contribution in [0, 0.1) is 21.4 Å². The van der Waals surface area contributed by atoms with E-state index in [0.29, 0.717) is 24.5 Å². The van der Waals surface area contributed by atoms with Crippen LogP contribution in [0.15, 0.2) is 15.6 Å². The van der Waals surface area contributed by atoms with Gasteiger partial charge in [0.25, 0.3) is 0 Å². The molecule has 37 heavy (non-hydrogen) atoms. The van der Waals surface area contributed by atoms with Crippen LogP contribution in [0.4, 0.5) is 5.82 Å². The molecule has 4 heterocycles. The summed E-state index contributed by atoms with van der Waals surface area (Å²) < 4.78 is 22.6. The average molecular weight is 540 g/mol. The maximum Gasteiger partial charge on any atom is 0.424 e. The minimum absolute atomic E-state index is 0.0291. The van der Waals surface area contributed by atoms with Crippen LogP contribution >= 0.6 is 11.8 Å². The Morgan fingerprint density at radius 2 is 2.05 bits per heavy atom. The molecule has 15 heteroatoms. The fourth-order valence-electron chi connectivity index (χ4n) is 4.26. The second kappa shape index (κ2) is 10.8. The first-order valence-corrected chi connectivity index (χ1v) is 12.7. The quantitative estimate of drug-likeness (QED) is 0.140. The predicted molar refractivity (Wildman–Crippen MR) is 125 cm³/mol. The van der Waals surface area contributed by atoms with Crippen LogP contribution in [0.1, 0.15) is 46.5 Å². The van der Waals surface area contributed by atoms with Gasteiger partial charge >= 0.3 is 17.8 Å². The molecule has 0 aliphatic carbocycles. The zero-order valence-electron chi connectivity index (χ0n) is 21.0. The lowest BCUT2D eigenvalue weighted by Gasteiger charge is -2.43. The molecule has 0 saturated carbocycles. The Balaban J connectivity index is 1.49. The van der Waals surface area contributed by atoms with Crippen LogP contribution in [0.3, 0.4) is 0 Å². The van der Waals surface area contributed by atoms with Gasteiger partial charge in [-0.3, -0.25) is 9.59 Å². The summed E-state index contributed by atoms with van der Waals surface area (Å²) in [5.41, 5.74) is -0.818. The highest BCUT2D eigenvalue weighted by atomic mass is 32.2. The number of carbonyl (C=O) groups excluding carboxylic acids is 3. The van der Waals surface area contributed by atoms with Crippen LogP contribution in [-0.2, 0) is 40.4 Å². The van der Waals surface area contributed by atoms with Gasteiger partial charge in [0.05, 0.1) is 29.2 Å². The zero-order chi connectivity index (χ0) is 26.9. The Morgan fingerprint density at radius 1 is 1.30 bits per heavy atom. The number of nitro groups is 1. The van der Waals surface area contributed by atoms with Gasteiger partial charge < -0.3 is 34.0 Å². The fraction of sp³-hybridized carbons (Fsp3) is 0.682. The van der Waals surface area contributed by atoms with Crippen LogP contribution in [0.25, 0.3) is 0 Å². The van der Waals surface area contributed by atoms with Crippen molar-refractivity contribution >= 4 is 35.4 Å². The third kappa shape index (κ3) is 5.62. The summed E-state index contributed by atoms with van der Waals surface area (Å²) in [5, 5.41) is 18.8. The highest BCUT2D eigenvalue weighted by Gasteiger charge is 2.55. The van der Waals surface area contributed by atoms with Crippen LogP contribution in [0.5, 0.6) is 0 Å². The lowest BCUT2D eigenvalue weighted by Crippen LogP contribution is -2.58. The molecular formula is C22H29N5O9S. The SMILES string of the molecule is Cn1nnc([N+](=O)[O-])c1SC1=C(C(=O)OCOC(=O)C(C)(C)C)N2C(=O)C(CCOC3CCCO3)C2C1. The van der Waals surface area contributed by atoms with Gasteiger partial charge in [-0.2, -0.15) is 0 Å². The molecular weight excluding hydrogens is 510 g/mol. The number of carbonyl (C=O) groups is 3. The van der Waals surface area contributed by atoms with E-state index in [1.54, 1.807) is 20.8 Å². The molecule has 3 unspecified atom stereocenters. The molecule has 1 amide bonds. The van der Waals surface area contributed by atoms with Gasteiger partial charge in [0.15, 0.2) is 6.29 Å². The smallest absolute Gasteiger partial charge is 0.424 e. The van der Waals surface area contributed by atoms with Crippen molar-refractivity contribution in [1.82, 2.24) is 19.9 Å². The Morgan fingerprint density at radius 3 is 2.70 bits per heavy atom. The van der Waals surface area contributed by atoms with Gasteiger partial charge in [-0.1, -0.05) is 11.8 Å². The van der Waals surface area contributed by atoms with Crippen molar-refractivity contribution in [3.8, 4) is 0 Å². The normalized spacial score (nSPS) is 23.2. The number of aromatic nitrogens is 3. The van der Waals surface area contributed by atoms with E-state index in [2.05, 4.69) is 10.3 Å². The molecule has 0 bridgehead atoms. The number of rotatable bonds is 10. The first-order valence-electron chi connectivity index (χ1n) is 11.8. The number of hydrogen-bond acceptors (Lipinski definition) is 12. The van der Waals surface area contributed by atoms with Crippen LogP contribution < -0.4 is 0 Å². The molecule has 1 aromatic heterocycles. The molecule has 1 aromatic rings. The third-order valence-corrected chi connectivity index (χ3v) is 7.45. The van der Waals surface area contributed by atoms with E-state index in [0.717, 1.165) is 24.6 Å². The largest absolute Gasteiger partial charge is 0.427 e. The summed E-state index contributed by atoms with van der Waals surface area (Å²) in [4.78, 5) is 50.6. The van der Waals surface area contributed by atoms with Crippen molar-refractivity contribution in [2.24, 2.45) is 18.4 Å². The summed E-state index contributed by atoms with van der Waals surface area (Å²) in [6.45, 7) is 5.33. The number of nitrogens with zero attached hydrogens (tertiary/aromatic N) is 5. The number of ether oxygens (including phenoxy) is 4. The molecule has 0 spiro atoms. The number of aryl methyl sites for hydroxylation is 1. The maximum atomic E-state index is 13.1. The standard InChI is InChI=1S/C22H29N5O9S/c1-22(2,3)21(30)36-11-35-20(29)16-14(37-19-17(27(31)32)23-24-25(19)4)10-13-12(18(28)26(13)16)7-9-34-15-6-5-8-33-15/h12-13,15H,5-11H2,1-4H3. The maximum absolute atomic E-state index is 13.1. The summed E-state index contributed by atoms with van der Waals surface area (Å²) in [6.07, 6.45) is 2.20. The van der Waals surface area contributed by atoms with Gasteiger partial charge in [0, 0.05) is 31.4 Å². The van der Waals surface area contributed by atoms with Gasteiger partial charge in [-0.25, -0.2) is 9.48 Å². The second-order valence-corrected chi connectivity index (χ2v) is 11.0. The summed E-state index contributed by atoms with van der Waals surface area (Å²) in [7, 11) is 1.49. The van der Waals surface area contributed by atoms with Crippen molar-refractivity contribution in [2.75, 3.05) is 20.0 Å². The zero-order valence-corrected chi connectivity index (χ0v) is 21.8. The molecule has 202 valence electrons. The highest BCUT2D eigenvalue weighted by molar-refractivity contribution is 8.03. The van der Waals surface area contributed by atoms with E-state index in [1.807, 2.05) is 0 Å². The number of amides is 1. The number of thioether (sulfide) groups is 1. The molecule has 0 aromatic carbocycles. The van der Waals surface area contributed by atoms with Gasteiger partial charge in [-0.15, -0.1) is 0 Å². The third-order valence-electron chi connectivity index (χ3n) is 6.21. The number of β-lactam (4-membered cyclic amide) rings is 1. The first-order chi connectivity index (χ1) is 17.5. The Bertz CT molecular complexity index is 1120. The molecule has 2 fully saturated rings. The van der Waals surface area contributed by atoms with Crippen molar-refractivity contribution < 1.29 is 38.3 Å². The molecule has 14 nitrogen and oxygen atoms in total. The average Bonchev–Trinajstić information content (AvgIpc) is 3.55. The van der Waals surface area contributed by atoms with E-state index in [9.17, 15) is 24.5 Å². The first kappa shape index (κ1) is 27.0. The van der Waals surface area contributed by atoms with Gasteiger partial charge in [0.2, 0.25) is 17.7 Å². The molecule has 4 rings (SSSR count). The highest BCUT2D eigenvalue weighted by Crippen LogP contribution is 2.49.